The number of benzene rings is 1. The van der Waals surface area contributed by atoms with Crippen LogP contribution in [0.25, 0.3) is 0 Å². The smallest absolute Gasteiger partial charge is 0.270 e. The third kappa shape index (κ3) is 3.26. The van der Waals surface area contributed by atoms with E-state index >= 15 is 0 Å². The van der Waals surface area contributed by atoms with Crippen LogP contribution in [-0.4, -0.2) is 40.3 Å². The second-order valence-corrected chi connectivity index (χ2v) is 5.82. The number of nitro benzene ring substituents is 1. The van der Waals surface area contributed by atoms with Crippen molar-refractivity contribution in [3.8, 4) is 0 Å². The van der Waals surface area contributed by atoms with E-state index in [9.17, 15) is 14.9 Å². The Bertz CT molecular complexity index is 764. The summed E-state index contributed by atoms with van der Waals surface area (Å²) in [5.74, 6) is -0.197. The maximum absolute atomic E-state index is 13.0. The molecule has 1 unspecified atom stereocenters. The molecule has 1 aromatic heterocycles. The molecular weight excluding hydrogens is 308 g/mol. The van der Waals surface area contributed by atoms with Gasteiger partial charge in [0.05, 0.1) is 11.0 Å². The van der Waals surface area contributed by atoms with Crippen LogP contribution in [0.1, 0.15) is 27.5 Å². The number of pyridine rings is 1. The Morgan fingerprint density at radius 2 is 2.25 bits per heavy atom. The molecule has 1 aromatic carbocycles. The number of aromatic nitrogens is 1. The molecule has 1 aliphatic heterocycles. The van der Waals surface area contributed by atoms with Gasteiger partial charge in [-0.3, -0.25) is 19.9 Å². The summed E-state index contributed by atoms with van der Waals surface area (Å²) < 4.78 is 0. The molecule has 1 aliphatic rings. The number of aryl methyl sites for hydroxylation is 1. The summed E-state index contributed by atoms with van der Waals surface area (Å²) in [7, 11) is 0. The molecule has 124 valence electrons. The Labute approximate surface area is 139 Å². The Hall–Kier alpha value is -2.80. The van der Waals surface area contributed by atoms with E-state index in [2.05, 4.69) is 10.3 Å². The molecule has 7 nitrogen and oxygen atoms in total. The maximum atomic E-state index is 13.0. The number of carbonyl (C=O) groups excluding carboxylic acids is 1. The lowest BCUT2D eigenvalue weighted by Gasteiger charge is -2.36. The quantitative estimate of drug-likeness (QED) is 0.689. The van der Waals surface area contributed by atoms with Gasteiger partial charge in [-0.15, -0.1) is 0 Å². The van der Waals surface area contributed by atoms with Gasteiger partial charge in [0.15, 0.2) is 0 Å². The summed E-state index contributed by atoms with van der Waals surface area (Å²) in [5.41, 5.74) is 1.92. The van der Waals surface area contributed by atoms with Crippen LogP contribution in [0.4, 0.5) is 5.69 Å². The average molecular weight is 326 g/mol. The van der Waals surface area contributed by atoms with Gasteiger partial charge in [0.2, 0.25) is 0 Å². The molecule has 1 N–H and O–H groups in total. The first-order chi connectivity index (χ1) is 11.6. The highest BCUT2D eigenvalue weighted by molar-refractivity contribution is 5.95. The highest BCUT2D eigenvalue weighted by Gasteiger charge is 2.29. The normalized spacial score (nSPS) is 17.5. The lowest BCUT2D eigenvalue weighted by Crippen LogP contribution is -2.48. The van der Waals surface area contributed by atoms with Crippen molar-refractivity contribution < 1.29 is 9.72 Å². The number of nitro groups is 1. The molecule has 1 saturated heterocycles. The first-order valence-corrected chi connectivity index (χ1v) is 7.74. The Balaban J connectivity index is 1.94. The zero-order valence-electron chi connectivity index (χ0n) is 13.3. The highest BCUT2D eigenvalue weighted by Crippen LogP contribution is 2.25. The number of piperazine rings is 1. The van der Waals surface area contributed by atoms with Gasteiger partial charge in [-0.05, 0) is 30.2 Å². The standard InChI is InChI=1S/C17H18N4O3/c1-12-7-14(9-15(8-12)21(23)24)17(22)20-6-5-19-11-16(20)13-3-2-4-18-10-13/h2-4,7-10,16,19H,5-6,11H2,1H3. The van der Waals surface area contributed by atoms with Gasteiger partial charge in [-0.25, -0.2) is 0 Å². The van der Waals surface area contributed by atoms with Crippen LogP contribution in [-0.2, 0) is 0 Å². The summed E-state index contributed by atoms with van der Waals surface area (Å²) in [4.78, 5) is 29.4. The number of carbonyl (C=O) groups is 1. The topological polar surface area (TPSA) is 88.4 Å². The fraction of sp³-hybridized carbons (Fsp3) is 0.294. The molecule has 0 radical (unpaired) electrons. The van der Waals surface area contributed by atoms with Crippen LogP contribution < -0.4 is 5.32 Å². The predicted molar refractivity (Wildman–Crippen MR) is 88.7 cm³/mol. The molecule has 2 heterocycles. The zero-order chi connectivity index (χ0) is 17.1. The van der Waals surface area contributed by atoms with E-state index < -0.39 is 4.92 Å². The number of amides is 1. The van der Waals surface area contributed by atoms with Gasteiger partial charge in [-0.2, -0.15) is 0 Å². The molecule has 1 fully saturated rings. The highest BCUT2D eigenvalue weighted by atomic mass is 16.6. The van der Waals surface area contributed by atoms with Crippen LogP contribution in [0.2, 0.25) is 0 Å². The monoisotopic (exact) mass is 326 g/mol. The molecular formula is C17H18N4O3. The minimum absolute atomic E-state index is 0.0635. The third-order valence-electron chi connectivity index (χ3n) is 4.09. The van der Waals surface area contributed by atoms with E-state index in [4.69, 9.17) is 0 Å². The van der Waals surface area contributed by atoms with Crippen molar-refractivity contribution in [2.45, 2.75) is 13.0 Å². The first kappa shape index (κ1) is 16.1. The van der Waals surface area contributed by atoms with Crippen LogP contribution in [0.15, 0.2) is 42.7 Å². The van der Waals surface area contributed by atoms with Crippen molar-refractivity contribution in [3.63, 3.8) is 0 Å². The summed E-state index contributed by atoms with van der Waals surface area (Å²) in [6.45, 7) is 3.61. The fourth-order valence-electron chi connectivity index (χ4n) is 2.98. The third-order valence-corrected chi connectivity index (χ3v) is 4.09. The zero-order valence-corrected chi connectivity index (χ0v) is 13.3. The van der Waals surface area contributed by atoms with Gasteiger partial charge in [0.1, 0.15) is 0 Å². The van der Waals surface area contributed by atoms with Crippen LogP contribution >= 0.6 is 0 Å². The molecule has 1 atom stereocenters. The number of nitrogens with one attached hydrogen (secondary N) is 1. The van der Waals surface area contributed by atoms with E-state index in [1.807, 2.05) is 12.1 Å². The van der Waals surface area contributed by atoms with Crippen LogP contribution in [0.3, 0.4) is 0 Å². The number of nitrogens with zero attached hydrogens (tertiary/aromatic N) is 3. The van der Waals surface area contributed by atoms with E-state index in [0.29, 0.717) is 30.8 Å². The number of non-ortho nitro benzene ring substituents is 1. The Morgan fingerprint density at radius 3 is 2.96 bits per heavy atom. The van der Waals surface area contributed by atoms with Crippen molar-refractivity contribution in [2.24, 2.45) is 0 Å². The number of hydrogen-bond donors (Lipinski definition) is 1. The lowest BCUT2D eigenvalue weighted by molar-refractivity contribution is -0.384. The molecule has 0 bridgehead atoms. The maximum Gasteiger partial charge on any atom is 0.270 e. The summed E-state index contributed by atoms with van der Waals surface area (Å²) in [5, 5.41) is 14.3. The van der Waals surface area contributed by atoms with Crippen molar-refractivity contribution in [1.29, 1.82) is 0 Å². The molecule has 0 spiro atoms. The SMILES string of the molecule is Cc1cc(C(=O)N2CCNCC2c2cccnc2)cc([N+](=O)[O-])c1. The Kier molecular flexibility index (Phi) is 4.52. The molecule has 1 amide bonds. The number of rotatable bonds is 3. The van der Waals surface area contributed by atoms with Gasteiger partial charge in [-0.1, -0.05) is 6.07 Å². The second kappa shape index (κ2) is 6.76. The van der Waals surface area contributed by atoms with E-state index in [1.54, 1.807) is 30.3 Å². The summed E-state index contributed by atoms with van der Waals surface area (Å²) in [6, 6.07) is 8.13. The fourth-order valence-corrected chi connectivity index (χ4v) is 2.98. The lowest BCUT2D eigenvalue weighted by atomic mass is 10.0. The molecule has 0 aliphatic carbocycles. The molecule has 7 heteroatoms. The van der Waals surface area contributed by atoms with E-state index in [-0.39, 0.29) is 17.6 Å². The van der Waals surface area contributed by atoms with Gasteiger partial charge in [0, 0.05) is 49.7 Å². The first-order valence-electron chi connectivity index (χ1n) is 7.74. The summed E-state index contributed by atoms with van der Waals surface area (Å²) >= 11 is 0. The predicted octanol–water partition coefficient (Wildman–Crippen LogP) is 2.08. The Morgan fingerprint density at radius 1 is 1.42 bits per heavy atom. The molecule has 24 heavy (non-hydrogen) atoms. The molecule has 2 aromatic rings. The van der Waals surface area contributed by atoms with Crippen LogP contribution in [0, 0.1) is 17.0 Å². The minimum Gasteiger partial charge on any atom is -0.329 e. The number of hydrogen-bond acceptors (Lipinski definition) is 5. The van der Waals surface area contributed by atoms with Crippen molar-refractivity contribution in [3.05, 3.63) is 69.5 Å². The van der Waals surface area contributed by atoms with Crippen LogP contribution in [0.5, 0.6) is 0 Å². The van der Waals surface area contributed by atoms with Crippen molar-refractivity contribution in [1.82, 2.24) is 15.2 Å². The van der Waals surface area contributed by atoms with Gasteiger partial charge < -0.3 is 10.2 Å². The van der Waals surface area contributed by atoms with E-state index in [1.165, 1.54) is 12.1 Å². The summed E-state index contributed by atoms with van der Waals surface area (Å²) in [6.07, 6.45) is 3.44. The molecule has 3 rings (SSSR count). The largest absolute Gasteiger partial charge is 0.329 e. The van der Waals surface area contributed by atoms with Crippen molar-refractivity contribution in [2.75, 3.05) is 19.6 Å². The molecule has 0 saturated carbocycles. The van der Waals surface area contributed by atoms with Gasteiger partial charge >= 0.3 is 0 Å². The second-order valence-electron chi connectivity index (χ2n) is 5.82. The minimum atomic E-state index is -0.472. The van der Waals surface area contributed by atoms with Crippen molar-refractivity contribution >= 4 is 11.6 Å². The van der Waals surface area contributed by atoms with Gasteiger partial charge in [0.25, 0.3) is 11.6 Å². The average Bonchev–Trinajstić information content (AvgIpc) is 2.61. The van der Waals surface area contributed by atoms with E-state index in [0.717, 1.165) is 5.56 Å².